The van der Waals surface area contributed by atoms with E-state index in [1.54, 1.807) is 0 Å². The molecule has 2 saturated heterocycles. The highest BCUT2D eigenvalue weighted by molar-refractivity contribution is 9.10. The summed E-state index contributed by atoms with van der Waals surface area (Å²) >= 11 is 5.12. The molecular weight excluding hydrogens is 458 g/mol. The van der Waals surface area contributed by atoms with E-state index in [2.05, 4.69) is 22.5 Å². The van der Waals surface area contributed by atoms with Gasteiger partial charge < -0.3 is 19.3 Å². The number of aliphatic hydroxyl groups excluding tert-OH is 1. The van der Waals surface area contributed by atoms with Gasteiger partial charge in [-0.2, -0.15) is 0 Å². The van der Waals surface area contributed by atoms with Gasteiger partial charge in [0.25, 0.3) is 5.91 Å². The maximum atomic E-state index is 13.5. The molecule has 1 amide bonds. The van der Waals surface area contributed by atoms with E-state index in [9.17, 15) is 14.7 Å². The number of imidazole rings is 1. The Bertz CT molecular complexity index is 1040. The predicted molar refractivity (Wildman–Crippen MR) is 115 cm³/mol. The van der Waals surface area contributed by atoms with E-state index in [0.29, 0.717) is 5.82 Å². The normalized spacial score (nSPS) is 30.2. The number of halogens is 1. The number of ether oxygens (including phenoxy) is 1. The van der Waals surface area contributed by atoms with Gasteiger partial charge >= 0.3 is 5.97 Å². The zero-order valence-corrected chi connectivity index (χ0v) is 18.8. The molecule has 0 radical (unpaired) electrons. The number of aliphatic hydroxyl groups is 1. The molecule has 3 heterocycles. The molecule has 1 aromatic carbocycles. The summed E-state index contributed by atoms with van der Waals surface area (Å²) in [5.41, 5.74) is 0.217. The van der Waals surface area contributed by atoms with Crippen LogP contribution >= 0.6 is 27.7 Å². The molecule has 9 heteroatoms. The zero-order valence-electron chi connectivity index (χ0n) is 16.4. The second-order valence-corrected chi connectivity index (χ2v) is 10.7. The Kier molecular flexibility index (Phi) is 4.64. The van der Waals surface area contributed by atoms with Crippen LogP contribution in [0.5, 0.6) is 0 Å². The second-order valence-electron chi connectivity index (χ2n) is 7.76. The molecule has 2 aromatic rings. The van der Waals surface area contributed by atoms with Crippen LogP contribution in [-0.4, -0.2) is 60.3 Å². The molecule has 0 spiro atoms. The van der Waals surface area contributed by atoms with Gasteiger partial charge in [0.2, 0.25) is 0 Å². The smallest absolute Gasteiger partial charge is 0.336 e. The Morgan fingerprint density at radius 3 is 2.76 bits per heavy atom. The highest BCUT2D eigenvalue weighted by atomic mass is 79.9. The third-order valence-electron chi connectivity index (χ3n) is 5.93. The minimum Gasteiger partial charge on any atom is -0.460 e. The highest BCUT2D eigenvalue weighted by Crippen LogP contribution is 2.65. The summed E-state index contributed by atoms with van der Waals surface area (Å²) < 4.78 is 5.31. The number of fused-ring (bicyclic) bond motifs is 2. The van der Waals surface area contributed by atoms with Crippen molar-refractivity contribution in [2.75, 3.05) is 13.2 Å². The fraction of sp³-hybridized carbons (Fsp3) is 0.450. The summed E-state index contributed by atoms with van der Waals surface area (Å²) in [5, 5.41) is 9.87. The fourth-order valence-corrected chi connectivity index (χ4v) is 7.06. The number of aromatic nitrogens is 2. The molecule has 0 saturated carbocycles. The van der Waals surface area contributed by atoms with Gasteiger partial charge in [-0.3, -0.25) is 4.79 Å². The second kappa shape index (κ2) is 6.58. The van der Waals surface area contributed by atoms with Gasteiger partial charge in [0.05, 0.1) is 17.6 Å². The average molecular weight is 480 g/mol. The number of amides is 1. The first kappa shape index (κ1) is 20.4. The van der Waals surface area contributed by atoms with Crippen molar-refractivity contribution in [1.82, 2.24) is 14.5 Å². The Morgan fingerprint density at radius 2 is 2.14 bits per heavy atom. The number of carbonyl (C=O) groups excluding carboxylic acids is 2. The number of alkyl halides is 1. The van der Waals surface area contributed by atoms with Crippen LogP contribution < -0.4 is 0 Å². The van der Waals surface area contributed by atoms with Crippen molar-refractivity contribution >= 4 is 50.6 Å². The summed E-state index contributed by atoms with van der Waals surface area (Å²) in [6.45, 7) is 6.73. The van der Waals surface area contributed by atoms with Crippen LogP contribution in [0.4, 0.5) is 0 Å². The summed E-state index contributed by atoms with van der Waals surface area (Å²) in [5.74, 6) is -0.377. The predicted octanol–water partition coefficient (Wildman–Crippen LogP) is 2.32. The monoisotopic (exact) mass is 479 g/mol. The van der Waals surface area contributed by atoms with E-state index < -0.39 is 32.6 Å². The molecule has 2 aliphatic rings. The molecule has 154 valence electrons. The number of rotatable bonds is 5. The molecule has 3 atom stereocenters. The van der Waals surface area contributed by atoms with Crippen molar-refractivity contribution in [3.63, 3.8) is 0 Å². The highest BCUT2D eigenvalue weighted by Gasteiger charge is 2.79. The molecule has 0 aliphatic carbocycles. The summed E-state index contributed by atoms with van der Waals surface area (Å²) in [7, 11) is 1.87. The first-order valence-electron chi connectivity index (χ1n) is 9.18. The Balaban J connectivity index is 1.81. The van der Waals surface area contributed by atoms with Gasteiger partial charge in [0.15, 0.2) is 9.86 Å². The topological polar surface area (TPSA) is 84.7 Å². The SMILES string of the molecule is C=CCOC(=O)[C@]1(CO)N2C(=O)C(Br)(c3nc4ccccc4n3C)[C@H]2SC1(C)C. The molecular formula is C20H22BrN3O4S. The molecule has 1 aromatic heterocycles. The van der Waals surface area contributed by atoms with Crippen LogP contribution in [0.3, 0.4) is 0 Å². The summed E-state index contributed by atoms with van der Waals surface area (Å²) in [6, 6.07) is 7.66. The quantitative estimate of drug-likeness (QED) is 0.306. The number of hydrogen-bond acceptors (Lipinski definition) is 6. The lowest BCUT2D eigenvalue weighted by molar-refractivity contribution is -0.179. The van der Waals surface area contributed by atoms with Crippen molar-refractivity contribution in [1.29, 1.82) is 0 Å². The van der Waals surface area contributed by atoms with Crippen molar-refractivity contribution in [2.24, 2.45) is 7.05 Å². The Hall–Kier alpha value is -1.84. The van der Waals surface area contributed by atoms with Gasteiger partial charge in [-0.1, -0.05) is 40.7 Å². The summed E-state index contributed by atoms with van der Waals surface area (Å²) in [4.78, 5) is 32.7. The van der Waals surface area contributed by atoms with Crippen LogP contribution in [0.1, 0.15) is 19.7 Å². The van der Waals surface area contributed by atoms with Crippen LogP contribution in [0.25, 0.3) is 11.0 Å². The van der Waals surface area contributed by atoms with Crippen LogP contribution in [0, 0.1) is 0 Å². The maximum Gasteiger partial charge on any atom is 0.336 e. The lowest BCUT2D eigenvalue weighted by Crippen LogP contribution is -2.76. The Labute approximate surface area is 181 Å². The molecule has 7 nitrogen and oxygen atoms in total. The molecule has 1 N–H and O–H groups in total. The standard InChI is InChI=1S/C20H22BrN3O4S/c1-5-10-28-17(27)19(11-25)18(2,3)29-16-20(21,15(26)24(16)19)14-22-12-8-6-7-9-13(12)23(14)4/h5-9,16,25H,1,10-11H2,2-4H3/t16-,19+,20?/m1/s1. The zero-order chi connectivity index (χ0) is 21.2. The molecule has 2 fully saturated rings. The van der Waals surface area contributed by atoms with Crippen molar-refractivity contribution in [3.05, 3.63) is 42.7 Å². The molecule has 4 rings (SSSR count). The van der Waals surface area contributed by atoms with Crippen LogP contribution in [0.15, 0.2) is 36.9 Å². The number of aryl methyl sites for hydroxylation is 1. The van der Waals surface area contributed by atoms with Gasteiger partial charge in [-0.05, 0) is 26.0 Å². The fourth-order valence-electron chi connectivity index (χ4n) is 4.28. The number of hydrogen-bond donors (Lipinski definition) is 1. The molecule has 1 unspecified atom stereocenters. The van der Waals surface area contributed by atoms with Crippen molar-refractivity contribution < 1.29 is 19.4 Å². The van der Waals surface area contributed by atoms with Gasteiger partial charge in [-0.15, -0.1) is 11.8 Å². The van der Waals surface area contributed by atoms with Crippen molar-refractivity contribution in [3.8, 4) is 0 Å². The third-order valence-corrected chi connectivity index (χ3v) is 9.07. The number of nitrogens with zero attached hydrogens (tertiary/aromatic N) is 3. The van der Waals surface area contributed by atoms with Gasteiger partial charge in [-0.25, -0.2) is 9.78 Å². The van der Waals surface area contributed by atoms with Gasteiger partial charge in [0, 0.05) is 11.8 Å². The van der Waals surface area contributed by atoms with Crippen LogP contribution in [-0.2, 0) is 25.7 Å². The molecule has 29 heavy (non-hydrogen) atoms. The van der Waals surface area contributed by atoms with E-state index in [0.717, 1.165) is 11.0 Å². The first-order valence-corrected chi connectivity index (χ1v) is 10.9. The third kappa shape index (κ3) is 2.38. The number of para-hydroxylation sites is 2. The number of benzene rings is 1. The molecule has 2 aliphatic heterocycles. The minimum absolute atomic E-state index is 0.0121. The van der Waals surface area contributed by atoms with Crippen molar-refractivity contribution in [2.45, 2.75) is 33.8 Å². The van der Waals surface area contributed by atoms with E-state index in [-0.39, 0.29) is 12.5 Å². The number of carbonyl (C=O) groups is 2. The van der Waals surface area contributed by atoms with Gasteiger partial charge in [0.1, 0.15) is 17.8 Å². The van der Waals surface area contributed by atoms with E-state index in [1.807, 2.05) is 49.7 Å². The minimum atomic E-state index is -1.48. The average Bonchev–Trinajstić information content (AvgIpc) is 3.16. The largest absolute Gasteiger partial charge is 0.460 e. The first-order chi connectivity index (χ1) is 13.7. The number of β-lactam (4-membered cyclic amide) rings is 1. The number of esters is 1. The van der Waals surface area contributed by atoms with E-state index in [1.165, 1.54) is 22.7 Å². The van der Waals surface area contributed by atoms with E-state index in [4.69, 9.17) is 9.72 Å². The maximum absolute atomic E-state index is 13.5. The van der Waals surface area contributed by atoms with Crippen LogP contribution in [0.2, 0.25) is 0 Å². The Morgan fingerprint density at radius 1 is 1.45 bits per heavy atom. The lowest BCUT2D eigenvalue weighted by atomic mass is 9.79. The number of thioether (sulfide) groups is 1. The lowest BCUT2D eigenvalue weighted by Gasteiger charge is -2.53. The van der Waals surface area contributed by atoms with E-state index >= 15 is 0 Å². The summed E-state index contributed by atoms with van der Waals surface area (Å²) in [6.07, 6.45) is 1.46. The molecule has 0 bridgehead atoms.